The average molecular weight is 290 g/mol. The van der Waals surface area contributed by atoms with E-state index in [0.29, 0.717) is 18.9 Å². The van der Waals surface area contributed by atoms with Crippen LogP contribution in [0.25, 0.3) is 0 Å². The predicted octanol–water partition coefficient (Wildman–Crippen LogP) is 2.94. The first-order valence-corrected chi connectivity index (χ1v) is 7.84. The molecule has 4 heteroatoms. The van der Waals surface area contributed by atoms with Gasteiger partial charge in [0.1, 0.15) is 0 Å². The van der Waals surface area contributed by atoms with Gasteiger partial charge in [0, 0.05) is 12.1 Å². The van der Waals surface area contributed by atoms with Gasteiger partial charge in [0.05, 0.1) is 12.7 Å². The zero-order valence-corrected chi connectivity index (χ0v) is 13.0. The number of hydrogen-bond donors (Lipinski definition) is 2. The van der Waals surface area contributed by atoms with Gasteiger partial charge in [-0.3, -0.25) is 4.79 Å². The van der Waals surface area contributed by atoms with Crippen molar-refractivity contribution in [1.29, 1.82) is 0 Å². The Hall–Kier alpha value is -1.39. The molecule has 1 heterocycles. The fourth-order valence-electron chi connectivity index (χ4n) is 2.52. The van der Waals surface area contributed by atoms with E-state index in [4.69, 9.17) is 4.74 Å². The predicted molar refractivity (Wildman–Crippen MR) is 85.2 cm³/mol. The zero-order chi connectivity index (χ0) is 15.1. The first-order chi connectivity index (χ1) is 10.1. The number of anilines is 1. The summed E-state index contributed by atoms with van der Waals surface area (Å²) in [5.74, 6) is 0.755. The van der Waals surface area contributed by atoms with Crippen LogP contribution >= 0.6 is 0 Å². The molecule has 0 saturated carbocycles. The van der Waals surface area contributed by atoms with E-state index in [-0.39, 0.29) is 12.0 Å². The van der Waals surface area contributed by atoms with E-state index < -0.39 is 0 Å². The topological polar surface area (TPSA) is 50.4 Å². The van der Waals surface area contributed by atoms with Gasteiger partial charge in [0.15, 0.2) is 0 Å². The molecule has 116 valence electrons. The highest BCUT2D eigenvalue weighted by molar-refractivity contribution is 5.90. The number of benzene rings is 1. The average Bonchev–Trinajstić information content (AvgIpc) is 2.97. The van der Waals surface area contributed by atoms with Crippen LogP contribution in [-0.4, -0.2) is 25.1 Å². The van der Waals surface area contributed by atoms with Crippen molar-refractivity contribution in [2.75, 3.05) is 18.4 Å². The van der Waals surface area contributed by atoms with Crippen molar-refractivity contribution in [3.63, 3.8) is 0 Å². The Morgan fingerprint density at radius 2 is 2.33 bits per heavy atom. The maximum absolute atomic E-state index is 12.0. The number of nitrogens with one attached hydrogen (secondary N) is 2. The molecule has 0 aliphatic carbocycles. The maximum Gasteiger partial charge on any atom is 0.224 e. The largest absolute Gasteiger partial charge is 0.374 e. The molecule has 1 saturated heterocycles. The number of hydrogen-bond acceptors (Lipinski definition) is 3. The van der Waals surface area contributed by atoms with Gasteiger partial charge in [-0.2, -0.15) is 0 Å². The van der Waals surface area contributed by atoms with Crippen LogP contribution in [0.1, 0.15) is 38.7 Å². The molecular formula is C17H26N2O2. The number of carbonyl (C=O) groups excluding carboxylic acids is 1. The van der Waals surface area contributed by atoms with Crippen molar-refractivity contribution in [3.05, 3.63) is 29.8 Å². The Kier molecular flexibility index (Phi) is 6.21. The van der Waals surface area contributed by atoms with E-state index in [1.54, 1.807) is 0 Å². The van der Waals surface area contributed by atoms with Crippen LogP contribution in [0.15, 0.2) is 24.3 Å². The molecular weight excluding hydrogens is 264 g/mol. The van der Waals surface area contributed by atoms with Crippen LogP contribution in [0.4, 0.5) is 5.69 Å². The third-order valence-corrected chi connectivity index (χ3v) is 3.74. The summed E-state index contributed by atoms with van der Waals surface area (Å²) in [7, 11) is 0. The summed E-state index contributed by atoms with van der Waals surface area (Å²) in [5, 5.41) is 6.31. The van der Waals surface area contributed by atoms with E-state index in [2.05, 4.69) is 10.6 Å². The lowest BCUT2D eigenvalue weighted by Crippen LogP contribution is -2.15. The van der Waals surface area contributed by atoms with Gasteiger partial charge in [-0.05, 0) is 63.4 Å². The summed E-state index contributed by atoms with van der Waals surface area (Å²) >= 11 is 0. The first-order valence-electron chi connectivity index (χ1n) is 7.84. The highest BCUT2D eigenvalue weighted by atomic mass is 16.5. The van der Waals surface area contributed by atoms with Crippen LogP contribution in [0, 0.1) is 5.92 Å². The smallest absolute Gasteiger partial charge is 0.224 e. The highest BCUT2D eigenvalue weighted by Gasteiger charge is 2.15. The third kappa shape index (κ3) is 5.86. The lowest BCUT2D eigenvalue weighted by atomic mass is 10.0. The highest BCUT2D eigenvalue weighted by Crippen LogP contribution is 2.16. The molecule has 1 aliphatic heterocycles. The van der Waals surface area contributed by atoms with Crippen molar-refractivity contribution in [2.45, 2.75) is 45.8 Å². The number of amides is 1. The van der Waals surface area contributed by atoms with Gasteiger partial charge < -0.3 is 15.4 Å². The van der Waals surface area contributed by atoms with E-state index in [0.717, 1.165) is 30.8 Å². The number of carbonyl (C=O) groups is 1. The van der Waals surface area contributed by atoms with E-state index in [1.165, 1.54) is 6.42 Å². The quantitative estimate of drug-likeness (QED) is 0.812. The second-order valence-electron chi connectivity index (χ2n) is 6.01. The minimum atomic E-state index is 0.101. The summed E-state index contributed by atoms with van der Waals surface area (Å²) in [6, 6.07) is 7.88. The first kappa shape index (κ1) is 16.0. The fraction of sp³-hybridized carbons (Fsp3) is 0.588. The molecule has 2 N–H and O–H groups in total. The van der Waals surface area contributed by atoms with Crippen LogP contribution < -0.4 is 10.6 Å². The Labute approximate surface area is 127 Å². The van der Waals surface area contributed by atoms with Gasteiger partial charge in [0.25, 0.3) is 0 Å². The molecule has 1 aliphatic rings. The normalized spacial score (nSPS) is 18.1. The summed E-state index contributed by atoms with van der Waals surface area (Å²) in [5.41, 5.74) is 1.94. The van der Waals surface area contributed by atoms with Gasteiger partial charge in [-0.15, -0.1) is 0 Å². The number of rotatable bonds is 7. The van der Waals surface area contributed by atoms with Gasteiger partial charge in [0.2, 0.25) is 5.91 Å². The fourth-order valence-corrected chi connectivity index (χ4v) is 2.52. The molecule has 1 aromatic carbocycles. The Bertz CT molecular complexity index is 454. The van der Waals surface area contributed by atoms with Crippen LogP contribution in [0.2, 0.25) is 0 Å². The lowest BCUT2D eigenvalue weighted by Gasteiger charge is -2.11. The molecule has 1 aromatic rings. The van der Waals surface area contributed by atoms with Gasteiger partial charge >= 0.3 is 0 Å². The molecule has 4 nitrogen and oxygen atoms in total. The SMILES string of the molecule is CC(C)OCc1cccc(NC(=O)CCC2CCNC2)c1. The van der Waals surface area contributed by atoms with Gasteiger partial charge in [-0.1, -0.05) is 12.1 Å². The van der Waals surface area contributed by atoms with Crippen LogP contribution in [0.5, 0.6) is 0 Å². The van der Waals surface area contributed by atoms with Crippen LogP contribution in [-0.2, 0) is 16.1 Å². The van der Waals surface area contributed by atoms with Crippen molar-refractivity contribution in [2.24, 2.45) is 5.92 Å². The van der Waals surface area contributed by atoms with Crippen molar-refractivity contribution < 1.29 is 9.53 Å². The maximum atomic E-state index is 12.0. The molecule has 2 rings (SSSR count). The molecule has 1 unspecified atom stereocenters. The van der Waals surface area contributed by atoms with E-state index in [1.807, 2.05) is 38.1 Å². The van der Waals surface area contributed by atoms with Gasteiger partial charge in [-0.25, -0.2) is 0 Å². The zero-order valence-electron chi connectivity index (χ0n) is 13.0. The minimum absolute atomic E-state index is 0.101. The summed E-state index contributed by atoms with van der Waals surface area (Å²) in [6.45, 7) is 6.75. The van der Waals surface area contributed by atoms with Crippen molar-refractivity contribution in [1.82, 2.24) is 5.32 Å². The molecule has 0 spiro atoms. The van der Waals surface area contributed by atoms with Crippen molar-refractivity contribution >= 4 is 11.6 Å². The second-order valence-corrected chi connectivity index (χ2v) is 6.01. The number of ether oxygens (including phenoxy) is 1. The monoisotopic (exact) mass is 290 g/mol. The molecule has 1 amide bonds. The van der Waals surface area contributed by atoms with E-state index >= 15 is 0 Å². The third-order valence-electron chi connectivity index (χ3n) is 3.74. The Morgan fingerprint density at radius 3 is 3.05 bits per heavy atom. The standard InChI is InChI=1S/C17H26N2O2/c1-13(2)21-12-15-4-3-5-16(10-15)19-17(20)7-6-14-8-9-18-11-14/h3-5,10,13-14,18H,6-9,11-12H2,1-2H3,(H,19,20). The Balaban J connectivity index is 1.78. The molecule has 21 heavy (non-hydrogen) atoms. The summed E-state index contributed by atoms with van der Waals surface area (Å²) in [4.78, 5) is 12.0. The minimum Gasteiger partial charge on any atom is -0.374 e. The molecule has 0 bridgehead atoms. The van der Waals surface area contributed by atoms with Crippen LogP contribution in [0.3, 0.4) is 0 Å². The molecule has 0 radical (unpaired) electrons. The summed E-state index contributed by atoms with van der Waals surface area (Å²) in [6.07, 6.45) is 2.96. The molecule has 0 aromatic heterocycles. The van der Waals surface area contributed by atoms with E-state index in [9.17, 15) is 4.79 Å². The summed E-state index contributed by atoms with van der Waals surface area (Å²) < 4.78 is 5.58. The lowest BCUT2D eigenvalue weighted by molar-refractivity contribution is -0.116. The molecule has 1 fully saturated rings. The molecule has 1 atom stereocenters. The second kappa shape index (κ2) is 8.15. The van der Waals surface area contributed by atoms with Crippen molar-refractivity contribution in [3.8, 4) is 0 Å². The Morgan fingerprint density at radius 1 is 1.48 bits per heavy atom.